The number of aryl methyl sites for hydroxylation is 2. The van der Waals surface area contributed by atoms with Gasteiger partial charge in [-0.1, -0.05) is 13.8 Å². The van der Waals surface area contributed by atoms with Crippen LogP contribution in [-0.4, -0.2) is 85.7 Å². The highest BCUT2D eigenvalue weighted by Crippen LogP contribution is 2.23. The summed E-state index contributed by atoms with van der Waals surface area (Å²) in [7, 11) is -7.32. The van der Waals surface area contributed by atoms with Gasteiger partial charge in [-0.15, -0.1) is 0 Å². The van der Waals surface area contributed by atoms with E-state index in [0.29, 0.717) is 49.6 Å². The molecule has 0 aliphatic carbocycles. The largest absolute Gasteiger partial charge is 0.337 e. The Kier molecular flexibility index (Phi) is 7.62. The topological polar surface area (TPSA) is 124 Å². The number of hydrogen-bond donors (Lipinski definition) is 1. The average Bonchev–Trinajstić information content (AvgIpc) is 2.98. The van der Waals surface area contributed by atoms with E-state index in [2.05, 4.69) is 10.2 Å². The number of carbonyl (C=O) groups excluding carboxylic acids is 1. The molecule has 12 heteroatoms. The SMILES string of the molecule is CCN(CC)S(=O)(=O)c1ccc(C(=O)N2CCCN(S(=O)(=O)c3c(C)n[nH]c3C)CC2)cc1. The Labute approximate surface area is 195 Å². The van der Waals surface area contributed by atoms with Crippen molar-refractivity contribution in [1.82, 2.24) is 23.7 Å². The number of aromatic amines is 1. The molecule has 1 aliphatic rings. The van der Waals surface area contributed by atoms with Gasteiger partial charge in [0.25, 0.3) is 5.91 Å². The molecular formula is C21H31N5O5S2. The molecule has 0 saturated carbocycles. The van der Waals surface area contributed by atoms with Crippen LogP contribution in [0.4, 0.5) is 0 Å². The lowest BCUT2D eigenvalue weighted by atomic mass is 10.2. The van der Waals surface area contributed by atoms with Crippen molar-refractivity contribution in [1.29, 1.82) is 0 Å². The maximum absolute atomic E-state index is 13.1. The number of nitrogens with zero attached hydrogens (tertiary/aromatic N) is 4. The highest BCUT2D eigenvalue weighted by atomic mass is 32.2. The van der Waals surface area contributed by atoms with Crippen molar-refractivity contribution in [2.75, 3.05) is 39.3 Å². The van der Waals surface area contributed by atoms with E-state index in [1.54, 1.807) is 32.6 Å². The van der Waals surface area contributed by atoms with Crippen molar-refractivity contribution in [2.24, 2.45) is 0 Å². The van der Waals surface area contributed by atoms with Gasteiger partial charge in [-0.05, 0) is 44.5 Å². The molecule has 33 heavy (non-hydrogen) atoms. The van der Waals surface area contributed by atoms with E-state index >= 15 is 0 Å². The molecule has 1 N–H and O–H groups in total. The molecule has 2 heterocycles. The van der Waals surface area contributed by atoms with E-state index in [9.17, 15) is 21.6 Å². The van der Waals surface area contributed by atoms with Gasteiger partial charge in [0.1, 0.15) is 4.90 Å². The van der Waals surface area contributed by atoms with Crippen LogP contribution in [-0.2, 0) is 20.0 Å². The van der Waals surface area contributed by atoms with Crippen LogP contribution < -0.4 is 0 Å². The van der Waals surface area contributed by atoms with Crippen LogP contribution in [0, 0.1) is 13.8 Å². The average molecular weight is 498 g/mol. The van der Waals surface area contributed by atoms with Crippen LogP contribution in [0.25, 0.3) is 0 Å². The van der Waals surface area contributed by atoms with Gasteiger partial charge in [0.15, 0.2) is 0 Å². The number of nitrogens with one attached hydrogen (secondary N) is 1. The lowest BCUT2D eigenvalue weighted by Gasteiger charge is -2.22. The van der Waals surface area contributed by atoms with Gasteiger partial charge < -0.3 is 4.90 Å². The number of aromatic nitrogens is 2. The van der Waals surface area contributed by atoms with Crippen LogP contribution in [0.3, 0.4) is 0 Å². The van der Waals surface area contributed by atoms with Crippen LogP contribution in [0.2, 0.25) is 0 Å². The third-order valence-corrected chi connectivity index (χ3v) is 10.1. The van der Waals surface area contributed by atoms with E-state index in [1.807, 2.05) is 0 Å². The van der Waals surface area contributed by atoms with Gasteiger partial charge in [0, 0.05) is 44.8 Å². The zero-order chi connectivity index (χ0) is 24.4. The van der Waals surface area contributed by atoms with Crippen LogP contribution in [0.15, 0.2) is 34.1 Å². The van der Waals surface area contributed by atoms with Crippen molar-refractivity contribution < 1.29 is 21.6 Å². The fraction of sp³-hybridized carbons (Fsp3) is 0.524. The van der Waals surface area contributed by atoms with Crippen LogP contribution in [0.1, 0.15) is 42.0 Å². The summed E-state index contributed by atoms with van der Waals surface area (Å²) in [5, 5.41) is 6.70. The van der Waals surface area contributed by atoms with Crippen molar-refractivity contribution in [3.8, 4) is 0 Å². The molecule has 0 spiro atoms. The summed E-state index contributed by atoms with van der Waals surface area (Å²) in [6.07, 6.45) is 0.495. The predicted octanol–water partition coefficient (Wildman–Crippen LogP) is 1.59. The Morgan fingerprint density at radius 2 is 1.64 bits per heavy atom. The third kappa shape index (κ3) is 4.98. The molecular weight excluding hydrogens is 466 g/mol. The first kappa shape index (κ1) is 25.3. The van der Waals surface area contributed by atoms with Gasteiger partial charge in [-0.2, -0.15) is 13.7 Å². The summed E-state index contributed by atoms with van der Waals surface area (Å²) in [5.74, 6) is -0.253. The molecule has 1 aromatic heterocycles. The van der Waals surface area contributed by atoms with Crippen molar-refractivity contribution in [3.05, 3.63) is 41.2 Å². The number of amides is 1. The van der Waals surface area contributed by atoms with E-state index in [1.165, 1.54) is 32.9 Å². The first-order valence-electron chi connectivity index (χ1n) is 10.9. The quantitative estimate of drug-likeness (QED) is 0.620. The molecule has 10 nitrogen and oxygen atoms in total. The molecule has 182 valence electrons. The second kappa shape index (κ2) is 9.92. The first-order chi connectivity index (χ1) is 15.5. The standard InChI is InChI=1S/C21H31N5O5S2/c1-5-25(6-2)32(28,29)19-10-8-18(9-11-19)21(27)24-12-7-13-26(15-14-24)33(30,31)20-16(3)22-23-17(20)4/h8-11H,5-7,12-15H2,1-4H3,(H,22,23). The molecule has 0 unspecified atom stereocenters. The lowest BCUT2D eigenvalue weighted by Crippen LogP contribution is -2.37. The number of rotatable bonds is 7. The molecule has 0 bridgehead atoms. The molecule has 1 saturated heterocycles. The van der Waals surface area contributed by atoms with Crippen molar-refractivity contribution in [3.63, 3.8) is 0 Å². The maximum Gasteiger partial charge on any atom is 0.253 e. The van der Waals surface area contributed by atoms with E-state index in [0.717, 1.165) is 0 Å². The summed E-state index contributed by atoms with van der Waals surface area (Å²) in [6.45, 7) is 8.73. The fourth-order valence-corrected chi connectivity index (χ4v) is 7.31. The number of carbonyl (C=O) groups is 1. The second-order valence-corrected chi connectivity index (χ2v) is 11.7. The van der Waals surface area contributed by atoms with Gasteiger partial charge >= 0.3 is 0 Å². The minimum atomic E-state index is -3.72. The Balaban J connectivity index is 1.74. The molecule has 1 aliphatic heterocycles. The summed E-state index contributed by atoms with van der Waals surface area (Å²) >= 11 is 0. The van der Waals surface area contributed by atoms with Crippen LogP contribution in [0.5, 0.6) is 0 Å². The molecule has 3 rings (SSSR count). The summed E-state index contributed by atoms with van der Waals surface area (Å²) in [5.41, 5.74) is 1.28. The van der Waals surface area contributed by atoms with Gasteiger partial charge in [-0.25, -0.2) is 16.8 Å². The molecule has 1 fully saturated rings. The van der Waals surface area contributed by atoms with Gasteiger partial charge in [0.05, 0.1) is 16.3 Å². The monoisotopic (exact) mass is 497 g/mol. The predicted molar refractivity (Wildman–Crippen MR) is 124 cm³/mol. The molecule has 1 aromatic carbocycles. The van der Waals surface area contributed by atoms with E-state index < -0.39 is 20.0 Å². The second-order valence-electron chi connectivity index (χ2n) is 7.93. The minimum Gasteiger partial charge on any atom is -0.337 e. The van der Waals surface area contributed by atoms with Crippen molar-refractivity contribution >= 4 is 26.0 Å². The van der Waals surface area contributed by atoms with Gasteiger partial charge in [-0.3, -0.25) is 9.89 Å². The normalized spacial score (nSPS) is 16.2. The molecule has 0 radical (unpaired) electrons. The Hall–Kier alpha value is -2.28. The first-order valence-corrected chi connectivity index (χ1v) is 13.8. The smallest absolute Gasteiger partial charge is 0.253 e. The maximum atomic E-state index is 13.1. The summed E-state index contributed by atoms with van der Waals surface area (Å²) in [6, 6.07) is 5.91. The number of sulfonamides is 2. The highest BCUT2D eigenvalue weighted by molar-refractivity contribution is 7.89. The van der Waals surface area contributed by atoms with E-state index in [-0.39, 0.29) is 28.8 Å². The Morgan fingerprint density at radius 1 is 1.00 bits per heavy atom. The summed E-state index contributed by atoms with van der Waals surface area (Å²) in [4.78, 5) is 15.0. The van der Waals surface area contributed by atoms with E-state index in [4.69, 9.17) is 0 Å². The van der Waals surface area contributed by atoms with Crippen LogP contribution >= 0.6 is 0 Å². The molecule has 0 atom stereocenters. The number of benzene rings is 1. The highest BCUT2D eigenvalue weighted by Gasteiger charge is 2.32. The van der Waals surface area contributed by atoms with Gasteiger partial charge in [0.2, 0.25) is 20.0 Å². The molecule has 1 amide bonds. The Morgan fingerprint density at radius 3 is 2.18 bits per heavy atom. The lowest BCUT2D eigenvalue weighted by molar-refractivity contribution is 0.0764. The third-order valence-electron chi connectivity index (χ3n) is 5.84. The molecule has 2 aromatic rings. The summed E-state index contributed by atoms with van der Waals surface area (Å²) < 4.78 is 54.3. The number of hydrogen-bond acceptors (Lipinski definition) is 6. The number of H-pyrrole nitrogens is 1. The zero-order valence-corrected chi connectivity index (χ0v) is 21.0. The minimum absolute atomic E-state index is 0.140. The Bertz CT molecular complexity index is 1180. The fourth-order valence-electron chi connectivity index (χ4n) is 4.05. The van der Waals surface area contributed by atoms with Crippen molar-refractivity contribution in [2.45, 2.75) is 43.9 Å². The zero-order valence-electron chi connectivity index (χ0n) is 19.4.